The molecular formula is C18H17ClN6O3. The number of hydrogen-bond acceptors (Lipinski definition) is 6. The second kappa shape index (κ2) is 7.08. The molecule has 2 amide bonds. The molecule has 1 atom stereocenters. The Hall–Kier alpha value is -3.20. The second-order valence-corrected chi connectivity index (χ2v) is 7.01. The fraction of sp³-hybridized carbons (Fsp3) is 0.278. The highest BCUT2D eigenvalue weighted by Crippen LogP contribution is 2.27. The number of amides is 2. The van der Waals surface area contributed by atoms with Crippen LogP contribution in [0.25, 0.3) is 11.6 Å². The van der Waals surface area contributed by atoms with Gasteiger partial charge in [-0.3, -0.25) is 19.6 Å². The van der Waals surface area contributed by atoms with Crippen molar-refractivity contribution in [1.82, 2.24) is 20.0 Å². The van der Waals surface area contributed by atoms with Crippen molar-refractivity contribution in [2.75, 3.05) is 16.8 Å². The molecule has 1 aliphatic heterocycles. The SMILES string of the molecule is Cc1cc(-c2nnc(NC(=O)C3CC(=O)N(c4ccc(Cl)cc4)C3)o2)n(C)n1. The number of nitrogens with one attached hydrogen (secondary N) is 1. The lowest BCUT2D eigenvalue weighted by Crippen LogP contribution is -2.28. The van der Waals surface area contributed by atoms with Crippen LogP contribution in [0.15, 0.2) is 34.7 Å². The summed E-state index contributed by atoms with van der Waals surface area (Å²) in [6.07, 6.45) is 0.108. The molecule has 9 nitrogen and oxygen atoms in total. The van der Waals surface area contributed by atoms with Gasteiger partial charge < -0.3 is 9.32 Å². The number of rotatable bonds is 4. The first-order chi connectivity index (χ1) is 13.4. The maximum absolute atomic E-state index is 12.6. The van der Waals surface area contributed by atoms with Gasteiger partial charge in [0.05, 0.1) is 11.6 Å². The molecule has 1 N–H and O–H groups in total. The number of anilines is 2. The number of carbonyl (C=O) groups is 2. The van der Waals surface area contributed by atoms with E-state index in [0.717, 1.165) is 5.69 Å². The predicted molar refractivity (Wildman–Crippen MR) is 102 cm³/mol. The second-order valence-electron chi connectivity index (χ2n) is 6.58. The van der Waals surface area contributed by atoms with E-state index in [0.29, 0.717) is 16.4 Å². The minimum Gasteiger partial charge on any atom is -0.401 e. The number of carbonyl (C=O) groups excluding carboxylic acids is 2. The van der Waals surface area contributed by atoms with Crippen molar-refractivity contribution < 1.29 is 14.0 Å². The summed E-state index contributed by atoms with van der Waals surface area (Å²) < 4.78 is 7.14. The van der Waals surface area contributed by atoms with Gasteiger partial charge in [-0.2, -0.15) is 5.10 Å². The normalized spacial score (nSPS) is 16.6. The molecule has 1 aliphatic rings. The van der Waals surface area contributed by atoms with Gasteiger partial charge in [-0.25, -0.2) is 0 Å². The summed E-state index contributed by atoms with van der Waals surface area (Å²) in [6.45, 7) is 2.13. The van der Waals surface area contributed by atoms with Gasteiger partial charge in [0, 0.05) is 30.7 Å². The van der Waals surface area contributed by atoms with E-state index in [1.54, 1.807) is 47.0 Å². The molecular weight excluding hydrogens is 384 g/mol. The average molecular weight is 401 g/mol. The molecule has 144 valence electrons. The fourth-order valence-electron chi connectivity index (χ4n) is 3.15. The van der Waals surface area contributed by atoms with Crippen molar-refractivity contribution in [3.8, 4) is 11.6 Å². The van der Waals surface area contributed by atoms with Crippen molar-refractivity contribution in [3.05, 3.63) is 41.0 Å². The molecule has 3 aromatic rings. The molecule has 1 saturated heterocycles. The van der Waals surface area contributed by atoms with E-state index in [1.807, 2.05) is 6.92 Å². The van der Waals surface area contributed by atoms with Crippen LogP contribution >= 0.6 is 11.6 Å². The van der Waals surface area contributed by atoms with E-state index in [4.69, 9.17) is 16.0 Å². The van der Waals surface area contributed by atoms with Gasteiger partial charge in [-0.05, 0) is 37.3 Å². The third-order valence-electron chi connectivity index (χ3n) is 4.51. The zero-order valence-electron chi connectivity index (χ0n) is 15.2. The topological polar surface area (TPSA) is 106 Å². The van der Waals surface area contributed by atoms with Gasteiger partial charge >= 0.3 is 6.01 Å². The number of aromatic nitrogens is 4. The first-order valence-corrected chi connectivity index (χ1v) is 9.00. The minimum atomic E-state index is -0.516. The van der Waals surface area contributed by atoms with Crippen molar-refractivity contribution >= 4 is 35.1 Å². The van der Waals surface area contributed by atoms with Crippen molar-refractivity contribution in [2.45, 2.75) is 13.3 Å². The molecule has 0 spiro atoms. The summed E-state index contributed by atoms with van der Waals surface area (Å²) in [7, 11) is 1.76. The Morgan fingerprint density at radius 3 is 2.71 bits per heavy atom. The summed E-state index contributed by atoms with van der Waals surface area (Å²) >= 11 is 5.89. The largest absolute Gasteiger partial charge is 0.401 e. The highest BCUT2D eigenvalue weighted by Gasteiger charge is 2.35. The van der Waals surface area contributed by atoms with E-state index in [9.17, 15) is 9.59 Å². The Kier molecular flexibility index (Phi) is 4.60. The molecule has 1 aromatic carbocycles. The summed E-state index contributed by atoms with van der Waals surface area (Å²) in [5.74, 6) is -0.735. The Bertz CT molecular complexity index is 1040. The van der Waals surface area contributed by atoms with Crippen molar-refractivity contribution in [3.63, 3.8) is 0 Å². The fourth-order valence-corrected chi connectivity index (χ4v) is 3.28. The molecule has 0 bridgehead atoms. The van der Waals surface area contributed by atoms with E-state index in [2.05, 4.69) is 20.6 Å². The van der Waals surface area contributed by atoms with E-state index < -0.39 is 5.92 Å². The number of nitrogens with zero attached hydrogens (tertiary/aromatic N) is 5. The Morgan fingerprint density at radius 2 is 2.04 bits per heavy atom. The third-order valence-corrected chi connectivity index (χ3v) is 4.76. The van der Waals surface area contributed by atoms with Gasteiger partial charge in [0.2, 0.25) is 11.8 Å². The maximum atomic E-state index is 12.6. The Balaban J connectivity index is 1.44. The van der Waals surface area contributed by atoms with Crippen LogP contribution < -0.4 is 10.2 Å². The quantitative estimate of drug-likeness (QED) is 0.720. The maximum Gasteiger partial charge on any atom is 0.322 e. The van der Waals surface area contributed by atoms with Gasteiger partial charge in [0.25, 0.3) is 5.89 Å². The lowest BCUT2D eigenvalue weighted by Gasteiger charge is -2.16. The van der Waals surface area contributed by atoms with E-state index in [1.165, 1.54) is 0 Å². The highest BCUT2D eigenvalue weighted by molar-refractivity contribution is 6.30. The van der Waals surface area contributed by atoms with Crippen molar-refractivity contribution in [2.24, 2.45) is 13.0 Å². The van der Waals surface area contributed by atoms with Gasteiger partial charge in [0.1, 0.15) is 5.69 Å². The van der Waals surface area contributed by atoms with Crippen LogP contribution in [0.4, 0.5) is 11.7 Å². The lowest BCUT2D eigenvalue weighted by atomic mass is 10.1. The smallest absolute Gasteiger partial charge is 0.322 e. The molecule has 10 heteroatoms. The minimum absolute atomic E-state index is 0.0174. The molecule has 0 saturated carbocycles. The zero-order valence-corrected chi connectivity index (χ0v) is 16.0. The molecule has 2 aromatic heterocycles. The molecule has 1 unspecified atom stereocenters. The first kappa shape index (κ1) is 18.2. The monoisotopic (exact) mass is 400 g/mol. The van der Waals surface area contributed by atoms with Gasteiger partial charge in [-0.15, -0.1) is 5.10 Å². The Morgan fingerprint density at radius 1 is 1.29 bits per heavy atom. The van der Waals surface area contributed by atoms with Crippen LogP contribution in [0.3, 0.4) is 0 Å². The molecule has 1 fully saturated rings. The number of halogens is 1. The average Bonchev–Trinajstić information content (AvgIpc) is 3.35. The van der Waals surface area contributed by atoms with Crippen LogP contribution in [0.1, 0.15) is 12.1 Å². The standard InChI is InChI=1S/C18H17ClN6O3/c1-10-7-14(24(2)23-10)17-21-22-18(28-17)20-16(27)11-8-15(26)25(9-11)13-5-3-12(19)4-6-13/h3-7,11H,8-9H2,1-2H3,(H,20,22,27). The van der Waals surface area contributed by atoms with Crippen LogP contribution in [0, 0.1) is 12.8 Å². The number of aryl methyl sites for hydroxylation is 2. The Labute approximate surface area is 165 Å². The van der Waals surface area contributed by atoms with E-state index >= 15 is 0 Å². The third kappa shape index (κ3) is 3.48. The molecule has 4 rings (SSSR count). The van der Waals surface area contributed by atoms with Crippen LogP contribution in [0.5, 0.6) is 0 Å². The molecule has 3 heterocycles. The summed E-state index contributed by atoms with van der Waals surface area (Å²) in [6, 6.07) is 8.70. The zero-order chi connectivity index (χ0) is 19.8. The van der Waals surface area contributed by atoms with Crippen molar-refractivity contribution in [1.29, 1.82) is 0 Å². The molecule has 0 aliphatic carbocycles. The summed E-state index contributed by atoms with van der Waals surface area (Å²) in [5, 5.41) is 15.2. The van der Waals surface area contributed by atoms with Gasteiger partial charge in [0.15, 0.2) is 0 Å². The highest BCUT2D eigenvalue weighted by atomic mass is 35.5. The molecule has 28 heavy (non-hydrogen) atoms. The number of benzene rings is 1. The van der Waals surface area contributed by atoms with Crippen LogP contribution in [0.2, 0.25) is 5.02 Å². The molecule has 0 radical (unpaired) electrons. The summed E-state index contributed by atoms with van der Waals surface area (Å²) in [4.78, 5) is 26.4. The van der Waals surface area contributed by atoms with E-state index in [-0.39, 0.29) is 36.7 Å². The van der Waals surface area contributed by atoms with Gasteiger partial charge in [-0.1, -0.05) is 16.7 Å². The summed E-state index contributed by atoms with van der Waals surface area (Å²) in [5.41, 5.74) is 2.17. The number of hydrogen-bond donors (Lipinski definition) is 1. The van der Waals surface area contributed by atoms with Crippen LogP contribution in [-0.4, -0.2) is 38.3 Å². The predicted octanol–water partition coefficient (Wildman–Crippen LogP) is 2.42. The lowest BCUT2D eigenvalue weighted by molar-refractivity contribution is -0.122. The first-order valence-electron chi connectivity index (χ1n) is 8.62. The van der Waals surface area contributed by atoms with Crippen LogP contribution in [-0.2, 0) is 16.6 Å².